The number of thiophene rings is 1. The van der Waals surface area contributed by atoms with Gasteiger partial charge in [0.1, 0.15) is 0 Å². The van der Waals surface area contributed by atoms with Gasteiger partial charge in [0.25, 0.3) is 5.91 Å². The van der Waals surface area contributed by atoms with E-state index in [2.05, 4.69) is 6.92 Å². The molecule has 2 fully saturated rings. The van der Waals surface area contributed by atoms with Crippen LogP contribution in [0.25, 0.3) is 0 Å². The quantitative estimate of drug-likeness (QED) is 0.841. The van der Waals surface area contributed by atoms with Gasteiger partial charge in [-0.25, -0.2) is 0 Å². The van der Waals surface area contributed by atoms with Gasteiger partial charge in [0, 0.05) is 30.6 Å². The van der Waals surface area contributed by atoms with Crippen LogP contribution in [0.4, 0.5) is 5.69 Å². The summed E-state index contributed by atoms with van der Waals surface area (Å²) in [6.07, 6.45) is 2.33. The number of rotatable bonds is 2. The molecule has 1 spiro atoms. The summed E-state index contributed by atoms with van der Waals surface area (Å²) in [4.78, 5) is 29.5. The summed E-state index contributed by atoms with van der Waals surface area (Å²) >= 11 is 1.59. The van der Waals surface area contributed by atoms with Crippen molar-refractivity contribution in [3.63, 3.8) is 0 Å². The molecule has 126 valence electrons. The van der Waals surface area contributed by atoms with Gasteiger partial charge in [0.2, 0.25) is 5.91 Å². The van der Waals surface area contributed by atoms with Crippen molar-refractivity contribution >= 4 is 28.8 Å². The number of amides is 2. The van der Waals surface area contributed by atoms with Crippen molar-refractivity contribution in [1.29, 1.82) is 0 Å². The number of hydrogen-bond donors (Lipinski definition) is 0. The van der Waals surface area contributed by atoms with Crippen LogP contribution in [0.2, 0.25) is 0 Å². The monoisotopic (exact) mass is 344 g/mol. The lowest BCUT2D eigenvalue weighted by atomic mass is 9.78. The molecule has 2 aromatic heterocycles. The Hall–Kier alpha value is -2.08. The second kappa shape index (κ2) is 5.48. The Balaban J connectivity index is 1.58. The van der Waals surface area contributed by atoms with Crippen LogP contribution in [0.15, 0.2) is 33.6 Å². The predicted octanol–water partition coefficient (Wildman–Crippen LogP) is 3.16. The minimum Gasteiger partial charge on any atom is -0.459 e. The molecule has 6 heteroatoms. The number of carbonyl (C=O) groups is 2. The Morgan fingerprint density at radius 1 is 1.42 bits per heavy atom. The van der Waals surface area contributed by atoms with Crippen molar-refractivity contribution in [3.05, 3.63) is 40.5 Å². The number of aryl methyl sites for hydroxylation is 1. The number of likely N-dealkylation sites (tertiary alicyclic amines) is 1. The molecule has 2 aromatic rings. The maximum absolute atomic E-state index is 13.1. The summed E-state index contributed by atoms with van der Waals surface area (Å²) in [6.45, 7) is 5.75. The first-order valence-corrected chi connectivity index (χ1v) is 9.15. The molecule has 0 unspecified atom stereocenters. The van der Waals surface area contributed by atoms with Gasteiger partial charge >= 0.3 is 0 Å². The Kier molecular flexibility index (Phi) is 3.53. The molecule has 0 bridgehead atoms. The number of carbonyl (C=O) groups excluding carboxylic acids is 2. The van der Waals surface area contributed by atoms with Crippen LogP contribution in [0.3, 0.4) is 0 Å². The van der Waals surface area contributed by atoms with Crippen molar-refractivity contribution in [2.75, 3.05) is 24.5 Å². The standard InChI is InChI=1S/C18H20N2O3S/c1-12-3-7-23-15(12)16(21)19-9-13(2)18(11-19)5-6-20(17(18)22)14-4-8-24-10-14/h3-4,7-8,10,13H,5-6,9,11H2,1-2H3/t13-,18-/m1/s1. The van der Waals surface area contributed by atoms with E-state index in [1.54, 1.807) is 22.3 Å². The molecule has 4 rings (SSSR count). The molecule has 2 atom stereocenters. The average molecular weight is 344 g/mol. The van der Waals surface area contributed by atoms with E-state index in [4.69, 9.17) is 4.42 Å². The molecule has 5 nitrogen and oxygen atoms in total. The first-order chi connectivity index (χ1) is 11.5. The molecule has 0 aromatic carbocycles. The molecule has 2 saturated heterocycles. The zero-order chi connectivity index (χ0) is 16.9. The highest BCUT2D eigenvalue weighted by atomic mass is 32.1. The second-order valence-electron chi connectivity index (χ2n) is 6.86. The van der Waals surface area contributed by atoms with E-state index >= 15 is 0 Å². The Morgan fingerprint density at radius 2 is 2.25 bits per heavy atom. The minimum absolute atomic E-state index is 0.108. The average Bonchev–Trinajstić information content (AvgIpc) is 3.31. The molecule has 0 aliphatic carbocycles. The van der Waals surface area contributed by atoms with Crippen molar-refractivity contribution in [2.45, 2.75) is 20.3 Å². The van der Waals surface area contributed by atoms with Crippen molar-refractivity contribution in [1.82, 2.24) is 4.90 Å². The Morgan fingerprint density at radius 3 is 2.92 bits per heavy atom. The molecule has 2 aliphatic rings. The highest BCUT2D eigenvalue weighted by molar-refractivity contribution is 7.08. The van der Waals surface area contributed by atoms with E-state index in [-0.39, 0.29) is 17.7 Å². The van der Waals surface area contributed by atoms with Crippen molar-refractivity contribution in [3.8, 4) is 0 Å². The molecule has 4 heterocycles. The van der Waals surface area contributed by atoms with E-state index in [1.165, 1.54) is 6.26 Å². The smallest absolute Gasteiger partial charge is 0.289 e. The van der Waals surface area contributed by atoms with Crippen LogP contribution in [-0.2, 0) is 4.79 Å². The summed E-state index contributed by atoms with van der Waals surface area (Å²) in [7, 11) is 0. The van der Waals surface area contributed by atoms with Crippen LogP contribution in [-0.4, -0.2) is 36.3 Å². The summed E-state index contributed by atoms with van der Waals surface area (Å²) in [5.74, 6) is 0.579. The van der Waals surface area contributed by atoms with Crippen LogP contribution in [0.1, 0.15) is 29.5 Å². The zero-order valence-corrected chi connectivity index (χ0v) is 14.6. The van der Waals surface area contributed by atoms with Crippen LogP contribution < -0.4 is 4.90 Å². The Labute approximate surface area is 144 Å². The largest absolute Gasteiger partial charge is 0.459 e. The molecule has 0 saturated carbocycles. The summed E-state index contributed by atoms with van der Waals surface area (Å²) in [5, 5.41) is 3.99. The minimum atomic E-state index is -0.460. The predicted molar refractivity (Wildman–Crippen MR) is 92.2 cm³/mol. The van der Waals surface area contributed by atoms with Crippen molar-refractivity contribution < 1.29 is 14.0 Å². The maximum Gasteiger partial charge on any atom is 0.289 e. The molecule has 24 heavy (non-hydrogen) atoms. The highest BCUT2D eigenvalue weighted by Crippen LogP contribution is 2.46. The normalized spacial score (nSPS) is 26.8. The third-order valence-electron chi connectivity index (χ3n) is 5.52. The lowest BCUT2D eigenvalue weighted by molar-refractivity contribution is -0.126. The second-order valence-corrected chi connectivity index (χ2v) is 7.64. The molecule has 2 aliphatic heterocycles. The van der Waals surface area contributed by atoms with Gasteiger partial charge in [-0.3, -0.25) is 9.59 Å². The van der Waals surface area contributed by atoms with E-state index in [9.17, 15) is 9.59 Å². The van der Waals surface area contributed by atoms with Gasteiger partial charge in [-0.1, -0.05) is 6.92 Å². The van der Waals surface area contributed by atoms with E-state index in [0.29, 0.717) is 18.8 Å². The molecular formula is C18H20N2O3S. The van der Waals surface area contributed by atoms with Gasteiger partial charge in [-0.05, 0) is 36.8 Å². The van der Waals surface area contributed by atoms with Gasteiger partial charge in [0.05, 0.1) is 17.4 Å². The van der Waals surface area contributed by atoms with Gasteiger partial charge in [-0.2, -0.15) is 11.3 Å². The lowest BCUT2D eigenvalue weighted by Gasteiger charge is -2.26. The summed E-state index contributed by atoms with van der Waals surface area (Å²) < 4.78 is 5.35. The Bertz CT molecular complexity index is 782. The van der Waals surface area contributed by atoms with Gasteiger partial charge in [0.15, 0.2) is 5.76 Å². The molecule has 0 radical (unpaired) electrons. The fourth-order valence-corrected chi connectivity index (χ4v) is 4.65. The topological polar surface area (TPSA) is 53.8 Å². The lowest BCUT2D eigenvalue weighted by Crippen LogP contribution is -2.40. The van der Waals surface area contributed by atoms with Crippen LogP contribution in [0.5, 0.6) is 0 Å². The summed E-state index contributed by atoms with van der Waals surface area (Å²) in [6, 6.07) is 3.78. The third kappa shape index (κ3) is 2.13. The van der Waals surface area contributed by atoms with Crippen LogP contribution in [0, 0.1) is 18.3 Å². The van der Waals surface area contributed by atoms with E-state index in [1.807, 2.05) is 28.7 Å². The number of hydrogen-bond acceptors (Lipinski definition) is 4. The molecule has 2 amide bonds. The van der Waals surface area contributed by atoms with Gasteiger partial charge in [-0.15, -0.1) is 0 Å². The fraction of sp³-hybridized carbons (Fsp3) is 0.444. The first-order valence-electron chi connectivity index (χ1n) is 8.20. The highest BCUT2D eigenvalue weighted by Gasteiger charge is 2.56. The fourth-order valence-electron chi connectivity index (χ4n) is 4.01. The van der Waals surface area contributed by atoms with Gasteiger partial charge < -0.3 is 14.2 Å². The number of nitrogens with zero attached hydrogens (tertiary/aromatic N) is 2. The SMILES string of the molecule is Cc1ccoc1C(=O)N1C[C@@H](C)[C@@]2(CCN(c3ccsc3)C2=O)C1. The molecule has 0 N–H and O–H groups in total. The number of furan rings is 1. The maximum atomic E-state index is 13.1. The first kappa shape index (κ1) is 15.4. The zero-order valence-electron chi connectivity index (χ0n) is 13.8. The van der Waals surface area contributed by atoms with E-state index in [0.717, 1.165) is 24.2 Å². The molecular weight excluding hydrogens is 324 g/mol. The number of anilines is 1. The van der Waals surface area contributed by atoms with Crippen LogP contribution >= 0.6 is 11.3 Å². The summed E-state index contributed by atoms with van der Waals surface area (Å²) in [5.41, 5.74) is 1.35. The van der Waals surface area contributed by atoms with Crippen molar-refractivity contribution in [2.24, 2.45) is 11.3 Å². The van der Waals surface area contributed by atoms with E-state index < -0.39 is 5.41 Å². The third-order valence-corrected chi connectivity index (χ3v) is 6.20.